The van der Waals surface area contributed by atoms with Gasteiger partial charge in [-0.15, -0.1) is 0 Å². The molecule has 0 aliphatic carbocycles. The largest absolute Gasteiger partial charge is 0.376 e. The lowest BCUT2D eigenvalue weighted by molar-refractivity contribution is -0.130. The molecule has 2 saturated heterocycles. The van der Waals surface area contributed by atoms with Crippen LogP contribution in [0.1, 0.15) is 31.2 Å². The molecular formula is C21H32N4O2. The topological polar surface area (TPSA) is 57.2 Å². The van der Waals surface area contributed by atoms with Crippen molar-refractivity contribution in [2.45, 2.75) is 32.3 Å². The van der Waals surface area contributed by atoms with E-state index < -0.39 is 0 Å². The molecule has 6 nitrogen and oxygen atoms in total. The van der Waals surface area contributed by atoms with E-state index >= 15 is 0 Å². The fraction of sp³-hybridized carbons (Fsp3) is 0.619. The van der Waals surface area contributed by atoms with Crippen LogP contribution in [-0.2, 0) is 16.1 Å². The van der Waals surface area contributed by atoms with Crippen molar-refractivity contribution in [3.63, 3.8) is 0 Å². The van der Waals surface area contributed by atoms with Gasteiger partial charge in [-0.25, -0.2) is 0 Å². The number of benzene rings is 1. The fourth-order valence-electron chi connectivity index (χ4n) is 3.82. The van der Waals surface area contributed by atoms with Crippen LogP contribution in [0.4, 0.5) is 0 Å². The molecule has 2 aliphatic rings. The number of carbonyl (C=O) groups is 1. The summed E-state index contributed by atoms with van der Waals surface area (Å²) in [6, 6.07) is 10.3. The highest BCUT2D eigenvalue weighted by Crippen LogP contribution is 2.17. The number of guanidine groups is 1. The molecule has 1 atom stereocenters. The number of amides is 1. The van der Waals surface area contributed by atoms with Gasteiger partial charge in [0.15, 0.2) is 5.96 Å². The molecular weight excluding hydrogens is 340 g/mol. The first-order valence-corrected chi connectivity index (χ1v) is 10.1. The highest BCUT2D eigenvalue weighted by molar-refractivity contribution is 5.86. The van der Waals surface area contributed by atoms with Gasteiger partial charge in [0.1, 0.15) is 0 Å². The van der Waals surface area contributed by atoms with Gasteiger partial charge < -0.3 is 19.9 Å². The summed E-state index contributed by atoms with van der Waals surface area (Å²) in [6.45, 7) is 5.42. The first-order chi connectivity index (χ1) is 13.3. The number of rotatable bonds is 6. The van der Waals surface area contributed by atoms with Crippen LogP contribution in [0.5, 0.6) is 0 Å². The second-order valence-electron chi connectivity index (χ2n) is 7.44. The number of nitrogens with zero attached hydrogens (tertiary/aromatic N) is 3. The number of aliphatic imine (C=N–C) groups is 1. The van der Waals surface area contributed by atoms with Gasteiger partial charge in [0, 0.05) is 39.1 Å². The lowest BCUT2D eigenvalue weighted by Gasteiger charge is -2.28. The number of hydrogen-bond acceptors (Lipinski definition) is 3. The SMILES string of the molecule is CN=C(NCC(=O)N1CCCCC1)N1CCC(COCc2ccccc2)C1. The molecule has 1 aromatic carbocycles. The van der Waals surface area contributed by atoms with Crippen molar-refractivity contribution in [2.75, 3.05) is 46.4 Å². The van der Waals surface area contributed by atoms with Gasteiger partial charge in [-0.3, -0.25) is 9.79 Å². The Labute approximate surface area is 162 Å². The van der Waals surface area contributed by atoms with E-state index in [0.717, 1.165) is 58.0 Å². The van der Waals surface area contributed by atoms with E-state index in [1.165, 1.54) is 12.0 Å². The van der Waals surface area contributed by atoms with Crippen molar-refractivity contribution >= 4 is 11.9 Å². The summed E-state index contributed by atoms with van der Waals surface area (Å²) in [5.41, 5.74) is 1.21. The van der Waals surface area contributed by atoms with E-state index in [9.17, 15) is 4.79 Å². The van der Waals surface area contributed by atoms with Crippen molar-refractivity contribution in [3.8, 4) is 0 Å². The van der Waals surface area contributed by atoms with Crippen molar-refractivity contribution in [1.82, 2.24) is 15.1 Å². The van der Waals surface area contributed by atoms with Gasteiger partial charge >= 0.3 is 0 Å². The van der Waals surface area contributed by atoms with Crippen LogP contribution >= 0.6 is 0 Å². The molecule has 0 spiro atoms. The Morgan fingerprint density at radius 1 is 1.15 bits per heavy atom. The number of ether oxygens (including phenoxy) is 1. The van der Waals surface area contributed by atoms with E-state index in [2.05, 4.69) is 27.3 Å². The third-order valence-electron chi connectivity index (χ3n) is 5.37. The quantitative estimate of drug-likeness (QED) is 0.614. The third-order valence-corrected chi connectivity index (χ3v) is 5.37. The second kappa shape index (κ2) is 10.3. The lowest BCUT2D eigenvalue weighted by Crippen LogP contribution is -2.47. The van der Waals surface area contributed by atoms with Crippen LogP contribution in [0.15, 0.2) is 35.3 Å². The average Bonchev–Trinajstić information content (AvgIpc) is 3.18. The van der Waals surface area contributed by atoms with Gasteiger partial charge in [-0.05, 0) is 31.2 Å². The minimum Gasteiger partial charge on any atom is -0.376 e. The maximum atomic E-state index is 12.3. The Bertz CT molecular complexity index is 614. The van der Waals surface area contributed by atoms with Gasteiger partial charge in [0.2, 0.25) is 5.91 Å². The second-order valence-corrected chi connectivity index (χ2v) is 7.44. The van der Waals surface area contributed by atoms with E-state index in [-0.39, 0.29) is 5.91 Å². The summed E-state index contributed by atoms with van der Waals surface area (Å²) in [7, 11) is 1.78. The molecule has 1 N–H and O–H groups in total. The molecule has 2 aliphatic heterocycles. The molecule has 1 unspecified atom stereocenters. The standard InChI is InChI=1S/C21H32N4O2/c1-22-21(23-14-20(26)24-11-6-3-7-12-24)25-13-10-19(15-25)17-27-16-18-8-4-2-5-9-18/h2,4-5,8-9,19H,3,6-7,10-17H2,1H3,(H,22,23). The Morgan fingerprint density at radius 2 is 1.93 bits per heavy atom. The fourth-order valence-corrected chi connectivity index (χ4v) is 3.82. The number of carbonyl (C=O) groups excluding carboxylic acids is 1. The Morgan fingerprint density at radius 3 is 2.67 bits per heavy atom. The highest BCUT2D eigenvalue weighted by atomic mass is 16.5. The van der Waals surface area contributed by atoms with E-state index in [4.69, 9.17) is 4.74 Å². The molecule has 2 heterocycles. The van der Waals surface area contributed by atoms with Crippen molar-refractivity contribution in [1.29, 1.82) is 0 Å². The molecule has 148 valence electrons. The molecule has 0 saturated carbocycles. The smallest absolute Gasteiger partial charge is 0.241 e. The van der Waals surface area contributed by atoms with E-state index in [1.54, 1.807) is 7.05 Å². The van der Waals surface area contributed by atoms with Gasteiger partial charge in [-0.2, -0.15) is 0 Å². The summed E-state index contributed by atoms with van der Waals surface area (Å²) in [5.74, 6) is 1.51. The molecule has 0 aromatic heterocycles. The molecule has 27 heavy (non-hydrogen) atoms. The predicted molar refractivity (Wildman–Crippen MR) is 108 cm³/mol. The number of nitrogens with one attached hydrogen (secondary N) is 1. The van der Waals surface area contributed by atoms with Crippen LogP contribution in [0.3, 0.4) is 0 Å². The molecule has 1 amide bonds. The predicted octanol–water partition coefficient (Wildman–Crippen LogP) is 2.11. The average molecular weight is 373 g/mol. The van der Waals surface area contributed by atoms with E-state index in [1.807, 2.05) is 23.1 Å². The van der Waals surface area contributed by atoms with Gasteiger partial charge in [0.05, 0.1) is 19.8 Å². The molecule has 1 aromatic rings. The van der Waals surface area contributed by atoms with Crippen LogP contribution in [0, 0.1) is 5.92 Å². The first kappa shape index (κ1) is 19.7. The van der Waals surface area contributed by atoms with Crippen LogP contribution in [-0.4, -0.2) is 68.0 Å². The zero-order valence-electron chi connectivity index (χ0n) is 16.4. The summed E-state index contributed by atoms with van der Waals surface area (Å²) in [6.07, 6.45) is 4.57. The molecule has 0 bridgehead atoms. The molecule has 0 radical (unpaired) electrons. The summed E-state index contributed by atoms with van der Waals surface area (Å²) < 4.78 is 5.90. The first-order valence-electron chi connectivity index (χ1n) is 10.1. The van der Waals surface area contributed by atoms with Crippen molar-refractivity contribution in [2.24, 2.45) is 10.9 Å². The zero-order chi connectivity index (χ0) is 18.9. The summed E-state index contributed by atoms with van der Waals surface area (Å²) in [4.78, 5) is 20.9. The Hall–Kier alpha value is -2.08. The molecule has 3 rings (SSSR count). The van der Waals surface area contributed by atoms with Gasteiger partial charge in [0.25, 0.3) is 0 Å². The van der Waals surface area contributed by atoms with Crippen LogP contribution in [0.25, 0.3) is 0 Å². The van der Waals surface area contributed by atoms with Crippen molar-refractivity contribution < 1.29 is 9.53 Å². The van der Waals surface area contributed by atoms with Crippen molar-refractivity contribution in [3.05, 3.63) is 35.9 Å². The lowest BCUT2D eigenvalue weighted by atomic mass is 10.1. The highest BCUT2D eigenvalue weighted by Gasteiger charge is 2.25. The maximum absolute atomic E-state index is 12.3. The Kier molecular flexibility index (Phi) is 7.51. The minimum atomic E-state index is 0.179. The van der Waals surface area contributed by atoms with Crippen LogP contribution in [0.2, 0.25) is 0 Å². The Balaban J connectivity index is 1.37. The molecule has 2 fully saturated rings. The third kappa shape index (κ3) is 5.96. The molecule has 6 heteroatoms. The number of likely N-dealkylation sites (tertiary alicyclic amines) is 2. The number of piperidine rings is 1. The van der Waals surface area contributed by atoms with Crippen LogP contribution < -0.4 is 5.32 Å². The summed E-state index contributed by atoms with van der Waals surface area (Å²) in [5, 5.41) is 3.25. The normalized spacial score (nSPS) is 20.8. The zero-order valence-corrected chi connectivity index (χ0v) is 16.4. The monoisotopic (exact) mass is 372 g/mol. The summed E-state index contributed by atoms with van der Waals surface area (Å²) >= 11 is 0. The minimum absolute atomic E-state index is 0.179. The number of hydrogen-bond donors (Lipinski definition) is 1. The van der Waals surface area contributed by atoms with E-state index in [0.29, 0.717) is 19.1 Å². The van der Waals surface area contributed by atoms with Gasteiger partial charge in [-0.1, -0.05) is 30.3 Å². The maximum Gasteiger partial charge on any atom is 0.241 e.